The van der Waals surface area contributed by atoms with Crippen molar-refractivity contribution in [2.45, 2.75) is 6.18 Å². The van der Waals surface area contributed by atoms with Crippen molar-refractivity contribution in [1.82, 2.24) is 21.0 Å². The van der Waals surface area contributed by atoms with E-state index in [4.69, 9.17) is 0 Å². The molecule has 0 spiro atoms. The van der Waals surface area contributed by atoms with Crippen LogP contribution in [0.2, 0.25) is 0 Å². The second-order valence-corrected chi connectivity index (χ2v) is 5.27. The normalized spacial score (nSPS) is 11.1. The van der Waals surface area contributed by atoms with Crippen molar-refractivity contribution in [3.8, 4) is 11.4 Å². The minimum atomic E-state index is -4.73. The maximum atomic E-state index is 12.5. The van der Waals surface area contributed by atoms with Gasteiger partial charge in [-0.25, -0.2) is 0 Å². The molecule has 0 unspecified atom stereocenters. The highest BCUT2D eigenvalue weighted by atomic mass is 19.4. The Balaban J connectivity index is 1.64. The monoisotopic (exact) mass is 376 g/mol. The number of nitrogens with one attached hydrogen (secondary N) is 2. The molecule has 3 aromatic rings. The van der Waals surface area contributed by atoms with Crippen LogP contribution >= 0.6 is 0 Å². The van der Waals surface area contributed by atoms with Crippen LogP contribution < -0.4 is 10.9 Å². The smallest absolute Gasteiger partial charge is 0.329 e. The molecule has 7 nitrogen and oxygen atoms in total. The van der Waals surface area contributed by atoms with E-state index in [1.54, 1.807) is 30.3 Å². The van der Waals surface area contributed by atoms with Gasteiger partial charge in [0.2, 0.25) is 5.82 Å². The standard InChI is InChI=1S/C17H11F3N4O3/c18-17(19,20)16-21-13(24-27-16)10-6-8-12(9-7-10)15(26)23-22-14(25)11-4-2-1-3-5-11/h1-9H,(H,22,25)(H,23,26). The molecule has 1 aromatic heterocycles. The fourth-order valence-electron chi connectivity index (χ4n) is 2.07. The van der Waals surface area contributed by atoms with Crippen LogP contribution in [0.1, 0.15) is 26.6 Å². The molecule has 2 aromatic carbocycles. The predicted molar refractivity (Wildman–Crippen MR) is 86.1 cm³/mol. The van der Waals surface area contributed by atoms with E-state index >= 15 is 0 Å². The molecular formula is C17H11F3N4O3. The van der Waals surface area contributed by atoms with Crippen molar-refractivity contribution < 1.29 is 27.3 Å². The summed E-state index contributed by atoms with van der Waals surface area (Å²) in [5, 5.41) is 3.26. The van der Waals surface area contributed by atoms with E-state index in [0.717, 1.165) is 0 Å². The van der Waals surface area contributed by atoms with Crippen LogP contribution in [0, 0.1) is 0 Å². The summed E-state index contributed by atoms with van der Waals surface area (Å²) < 4.78 is 41.6. The zero-order valence-electron chi connectivity index (χ0n) is 13.4. The zero-order chi connectivity index (χ0) is 19.4. The van der Waals surface area contributed by atoms with Gasteiger partial charge in [0.05, 0.1) is 0 Å². The third-order valence-electron chi connectivity index (χ3n) is 3.40. The number of hydrogen-bond acceptors (Lipinski definition) is 5. The Morgan fingerprint density at radius 3 is 1.93 bits per heavy atom. The highest BCUT2D eigenvalue weighted by Gasteiger charge is 2.38. The number of hydrogen-bond donors (Lipinski definition) is 2. The molecule has 0 atom stereocenters. The number of carbonyl (C=O) groups excluding carboxylic acids is 2. The van der Waals surface area contributed by atoms with Crippen LogP contribution in [0.5, 0.6) is 0 Å². The average Bonchev–Trinajstić information content (AvgIpc) is 3.17. The van der Waals surface area contributed by atoms with Gasteiger partial charge in [-0.1, -0.05) is 35.5 Å². The highest BCUT2D eigenvalue weighted by molar-refractivity contribution is 5.99. The molecule has 10 heteroatoms. The van der Waals surface area contributed by atoms with Gasteiger partial charge in [-0.15, -0.1) is 0 Å². The Morgan fingerprint density at radius 1 is 0.852 bits per heavy atom. The van der Waals surface area contributed by atoms with Gasteiger partial charge in [0.25, 0.3) is 11.8 Å². The molecule has 0 aliphatic rings. The number of halogens is 3. The molecule has 0 radical (unpaired) electrons. The van der Waals surface area contributed by atoms with Crippen LogP contribution in [0.4, 0.5) is 13.2 Å². The lowest BCUT2D eigenvalue weighted by Crippen LogP contribution is -2.41. The first-order valence-electron chi connectivity index (χ1n) is 7.51. The number of aromatic nitrogens is 2. The van der Waals surface area contributed by atoms with E-state index in [-0.39, 0.29) is 17.0 Å². The van der Waals surface area contributed by atoms with Crippen LogP contribution in [0.25, 0.3) is 11.4 Å². The van der Waals surface area contributed by atoms with E-state index in [9.17, 15) is 22.8 Å². The second-order valence-electron chi connectivity index (χ2n) is 5.27. The molecule has 27 heavy (non-hydrogen) atoms. The quantitative estimate of drug-likeness (QED) is 0.685. The summed E-state index contributed by atoms with van der Waals surface area (Å²) >= 11 is 0. The molecule has 2 amide bonds. The molecule has 0 aliphatic carbocycles. The van der Waals surface area contributed by atoms with Crippen molar-refractivity contribution in [1.29, 1.82) is 0 Å². The Labute approximate surface area is 150 Å². The maximum Gasteiger partial charge on any atom is 0.471 e. The first-order chi connectivity index (χ1) is 12.8. The largest absolute Gasteiger partial charge is 0.471 e. The van der Waals surface area contributed by atoms with Gasteiger partial charge < -0.3 is 4.52 Å². The second kappa shape index (κ2) is 7.28. The number of carbonyl (C=O) groups is 2. The average molecular weight is 376 g/mol. The number of rotatable bonds is 3. The summed E-state index contributed by atoms with van der Waals surface area (Å²) in [5.41, 5.74) is 5.28. The zero-order valence-corrected chi connectivity index (χ0v) is 13.4. The minimum absolute atomic E-state index is 0.173. The van der Waals surface area contributed by atoms with Crippen molar-refractivity contribution in [2.24, 2.45) is 0 Å². The summed E-state index contributed by atoms with van der Waals surface area (Å²) in [4.78, 5) is 27.2. The lowest BCUT2D eigenvalue weighted by molar-refractivity contribution is -0.159. The SMILES string of the molecule is O=C(NNC(=O)c1ccc(-c2noc(C(F)(F)F)n2)cc1)c1ccccc1. The van der Waals surface area contributed by atoms with Gasteiger partial charge in [-0.3, -0.25) is 20.4 Å². The van der Waals surface area contributed by atoms with E-state index < -0.39 is 23.9 Å². The van der Waals surface area contributed by atoms with Gasteiger partial charge in [0.1, 0.15) is 0 Å². The molecule has 3 rings (SSSR count). The third kappa shape index (κ3) is 4.29. The lowest BCUT2D eigenvalue weighted by atomic mass is 10.1. The van der Waals surface area contributed by atoms with Gasteiger partial charge in [0.15, 0.2) is 0 Å². The summed E-state index contributed by atoms with van der Waals surface area (Å²) in [5.74, 6) is -2.81. The fraction of sp³-hybridized carbons (Fsp3) is 0.0588. The fourth-order valence-corrected chi connectivity index (χ4v) is 2.07. The number of alkyl halides is 3. The van der Waals surface area contributed by atoms with Crippen LogP contribution in [-0.4, -0.2) is 22.0 Å². The topological polar surface area (TPSA) is 97.1 Å². The molecule has 0 bridgehead atoms. The summed E-state index contributed by atoms with van der Waals surface area (Å²) in [6, 6.07) is 13.7. The van der Waals surface area contributed by atoms with Crippen molar-refractivity contribution in [3.63, 3.8) is 0 Å². The first kappa shape index (κ1) is 18.1. The first-order valence-corrected chi connectivity index (χ1v) is 7.51. The Kier molecular flexibility index (Phi) is 4.88. The molecular weight excluding hydrogens is 365 g/mol. The van der Waals surface area contributed by atoms with Crippen molar-refractivity contribution >= 4 is 11.8 Å². The Bertz CT molecular complexity index is 954. The Morgan fingerprint density at radius 2 is 1.41 bits per heavy atom. The molecule has 138 valence electrons. The van der Waals surface area contributed by atoms with E-state index in [2.05, 4.69) is 25.5 Å². The summed E-state index contributed by atoms with van der Waals surface area (Å²) in [6.07, 6.45) is -4.73. The molecule has 0 aliphatic heterocycles. The van der Waals surface area contributed by atoms with Crippen molar-refractivity contribution in [3.05, 3.63) is 71.6 Å². The van der Waals surface area contributed by atoms with Crippen LogP contribution in [-0.2, 0) is 6.18 Å². The summed E-state index contributed by atoms with van der Waals surface area (Å²) in [6.45, 7) is 0. The molecule has 0 fully saturated rings. The number of nitrogens with zero attached hydrogens (tertiary/aromatic N) is 2. The molecule has 0 saturated carbocycles. The maximum absolute atomic E-state index is 12.5. The van der Waals surface area contributed by atoms with E-state index in [0.29, 0.717) is 5.56 Å². The molecule has 0 saturated heterocycles. The van der Waals surface area contributed by atoms with Gasteiger partial charge in [-0.05, 0) is 24.3 Å². The van der Waals surface area contributed by atoms with Gasteiger partial charge in [-0.2, -0.15) is 18.2 Å². The third-order valence-corrected chi connectivity index (χ3v) is 3.40. The number of hydrazine groups is 1. The van der Waals surface area contributed by atoms with Crippen molar-refractivity contribution in [2.75, 3.05) is 0 Å². The van der Waals surface area contributed by atoms with E-state index in [1.165, 1.54) is 24.3 Å². The highest BCUT2D eigenvalue weighted by Crippen LogP contribution is 2.29. The Hall–Kier alpha value is -3.69. The minimum Gasteiger partial charge on any atom is -0.329 e. The molecule has 1 heterocycles. The van der Waals surface area contributed by atoms with Gasteiger partial charge >= 0.3 is 12.1 Å². The van der Waals surface area contributed by atoms with Crippen LogP contribution in [0.15, 0.2) is 59.1 Å². The van der Waals surface area contributed by atoms with Crippen LogP contribution in [0.3, 0.4) is 0 Å². The predicted octanol–water partition coefficient (Wildman–Crippen LogP) is 2.83. The number of benzene rings is 2. The van der Waals surface area contributed by atoms with E-state index in [1.807, 2.05) is 0 Å². The lowest BCUT2D eigenvalue weighted by Gasteiger charge is -2.07. The van der Waals surface area contributed by atoms with Gasteiger partial charge in [0, 0.05) is 16.7 Å². The number of amides is 2. The molecule has 2 N–H and O–H groups in total. The summed E-state index contributed by atoms with van der Waals surface area (Å²) in [7, 11) is 0.